The fourth-order valence-corrected chi connectivity index (χ4v) is 3.91. The van der Waals surface area contributed by atoms with E-state index in [1.165, 1.54) is 23.5 Å². The molecular weight excluding hydrogens is 366 g/mol. The van der Waals surface area contributed by atoms with Gasteiger partial charge in [0.1, 0.15) is 17.1 Å². The summed E-state index contributed by atoms with van der Waals surface area (Å²) in [7, 11) is 1.56. The Kier molecular flexibility index (Phi) is 4.17. The van der Waals surface area contributed by atoms with Crippen molar-refractivity contribution in [1.29, 1.82) is 0 Å². The molecular formula is C19H13N3O4S. The number of ether oxygens (including phenoxy) is 1. The number of aldehydes is 1. The second-order valence-corrected chi connectivity index (χ2v) is 6.55. The van der Waals surface area contributed by atoms with Crippen LogP contribution in [0.4, 0.5) is 5.69 Å². The number of methoxy groups -OCH3 is 1. The highest BCUT2D eigenvalue weighted by Crippen LogP contribution is 2.36. The van der Waals surface area contributed by atoms with Gasteiger partial charge in [0, 0.05) is 28.6 Å². The first-order valence-electron chi connectivity index (χ1n) is 7.97. The maximum absolute atomic E-state index is 11.9. The van der Waals surface area contributed by atoms with Crippen LogP contribution in [0.3, 0.4) is 0 Å². The number of fused-ring (bicyclic) bond motifs is 1. The number of aromatic nitrogens is 2. The van der Waals surface area contributed by atoms with Crippen molar-refractivity contribution in [1.82, 2.24) is 9.38 Å². The quantitative estimate of drug-likeness (QED) is 0.290. The first-order chi connectivity index (χ1) is 13.1. The molecule has 2 aromatic carbocycles. The molecule has 0 unspecified atom stereocenters. The minimum Gasteiger partial charge on any atom is -0.496 e. The molecule has 0 N–H and O–H groups in total. The third-order valence-corrected chi connectivity index (χ3v) is 5.05. The summed E-state index contributed by atoms with van der Waals surface area (Å²) in [4.78, 5) is 27.8. The van der Waals surface area contributed by atoms with Gasteiger partial charge < -0.3 is 4.74 Å². The number of carbonyl (C=O) groups is 1. The average Bonchev–Trinajstić information content (AvgIpc) is 3.26. The second-order valence-electron chi connectivity index (χ2n) is 5.71. The summed E-state index contributed by atoms with van der Waals surface area (Å²) in [5.41, 5.74) is 2.91. The molecule has 0 saturated heterocycles. The number of non-ortho nitro benzene ring substituents is 1. The van der Waals surface area contributed by atoms with Crippen molar-refractivity contribution in [3.63, 3.8) is 0 Å². The topological polar surface area (TPSA) is 86.7 Å². The van der Waals surface area contributed by atoms with Crippen LogP contribution < -0.4 is 4.74 Å². The molecule has 134 valence electrons. The van der Waals surface area contributed by atoms with Crippen LogP contribution >= 0.6 is 11.3 Å². The minimum absolute atomic E-state index is 0.00966. The van der Waals surface area contributed by atoms with E-state index in [0.717, 1.165) is 6.29 Å². The Balaban J connectivity index is 1.96. The molecule has 0 aliphatic heterocycles. The number of carbonyl (C=O) groups excluding carboxylic acids is 1. The van der Waals surface area contributed by atoms with Crippen molar-refractivity contribution in [3.05, 3.63) is 69.7 Å². The molecule has 0 amide bonds. The number of hydrogen-bond acceptors (Lipinski definition) is 6. The number of para-hydroxylation sites is 1. The van der Waals surface area contributed by atoms with Crippen molar-refractivity contribution >= 4 is 28.3 Å². The van der Waals surface area contributed by atoms with Gasteiger partial charge in [-0.3, -0.25) is 19.3 Å². The maximum Gasteiger partial charge on any atom is 0.270 e. The standard InChI is InChI=1S/C19H13N3O4S/c1-26-17-8-3-2-7-14(17)18-15(10-23)21-16(11-27-19(21)20-18)12-5-4-6-13(9-12)22(24)25/h2-11H,1H3. The third-order valence-electron chi connectivity index (χ3n) is 4.23. The molecule has 8 heteroatoms. The smallest absolute Gasteiger partial charge is 0.270 e. The molecule has 0 atom stereocenters. The van der Waals surface area contributed by atoms with E-state index in [-0.39, 0.29) is 5.69 Å². The Labute approximate surface area is 157 Å². The SMILES string of the molecule is COc1ccccc1-c1nc2scc(-c3cccc([N+](=O)[O-])c3)n2c1C=O. The molecule has 0 fully saturated rings. The molecule has 0 radical (unpaired) electrons. The van der Waals surface area contributed by atoms with Crippen LogP contribution in [0.2, 0.25) is 0 Å². The molecule has 7 nitrogen and oxygen atoms in total. The van der Waals surface area contributed by atoms with E-state index in [2.05, 4.69) is 4.98 Å². The van der Waals surface area contributed by atoms with E-state index in [4.69, 9.17) is 4.74 Å². The van der Waals surface area contributed by atoms with Crippen LogP contribution in [0, 0.1) is 10.1 Å². The third kappa shape index (κ3) is 2.76. The Hall–Kier alpha value is -3.52. The van der Waals surface area contributed by atoms with Gasteiger partial charge in [0.25, 0.3) is 5.69 Å². The number of nitrogens with zero attached hydrogens (tertiary/aromatic N) is 3. The van der Waals surface area contributed by atoms with E-state index >= 15 is 0 Å². The van der Waals surface area contributed by atoms with Gasteiger partial charge in [-0.15, -0.1) is 11.3 Å². The van der Waals surface area contributed by atoms with Crippen molar-refractivity contribution in [2.24, 2.45) is 0 Å². The maximum atomic E-state index is 11.9. The number of nitro groups is 1. The highest BCUT2D eigenvalue weighted by Gasteiger charge is 2.21. The summed E-state index contributed by atoms with van der Waals surface area (Å²) in [5, 5.41) is 12.9. The summed E-state index contributed by atoms with van der Waals surface area (Å²) in [5.74, 6) is 0.614. The monoisotopic (exact) mass is 379 g/mol. The van der Waals surface area contributed by atoms with Crippen LogP contribution in [0.1, 0.15) is 10.5 Å². The van der Waals surface area contributed by atoms with E-state index < -0.39 is 4.92 Å². The zero-order valence-corrected chi connectivity index (χ0v) is 15.0. The molecule has 4 aromatic rings. The van der Waals surface area contributed by atoms with E-state index in [0.29, 0.717) is 38.9 Å². The average molecular weight is 379 g/mol. The highest BCUT2D eigenvalue weighted by molar-refractivity contribution is 7.15. The summed E-state index contributed by atoms with van der Waals surface area (Å²) in [6.45, 7) is 0. The zero-order chi connectivity index (χ0) is 19.0. The normalized spacial score (nSPS) is 10.9. The largest absolute Gasteiger partial charge is 0.496 e. The lowest BCUT2D eigenvalue weighted by Gasteiger charge is -2.07. The second kappa shape index (κ2) is 6.65. The van der Waals surface area contributed by atoms with Gasteiger partial charge >= 0.3 is 0 Å². The van der Waals surface area contributed by atoms with Gasteiger partial charge in [-0.05, 0) is 12.1 Å². The highest BCUT2D eigenvalue weighted by atomic mass is 32.1. The number of hydrogen-bond donors (Lipinski definition) is 0. The minimum atomic E-state index is -0.443. The van der Waals surface area contributed by atoms with Gasteiger partial charge in [-0.1, -0.05) is 24.3 Å². The lowest BCUT2D eigenvalue weighted by atomic mass is 10.1. The molecule has 2 aromatic heterocycles. The molecule has 0 spiro atoms. The number of imidazole rings is 1. The lowest BCUT2D eigenvalue weighted by Crippen LogP contribution is -1.96. The van der Waals surface area contributed by atoms with Crippen molar-refractivity contribution in [2.75, 3.05) is 7.11 Å². The van der Waals surface area contributed by atoms with Gasteiger partial charge in [0.05, 0.1) is 17.7 Å². The number of nitro benzene ring substituents is 1. The molecule has 2 heterocycles. The fourth-order valence-electron chi connectivity index (χ4n) is 3.01. The van der Waals surface area contributed by atoms with Gasteiger partial charge in [0.2, 0.25) is 0 Å². The molecule has 27 heavy (non-hydrogen) atoms. The number of thiazole rings is 1. The van der Waals surface area contributed by atoms with Crippen LogP contribution in [-0.4, -0.2) is 27.7 Å². The van der Waals surface area contributed by atoms with E-state index in [9.17, 15) is 14.9 Å². The molecule has 0 aliphatic rings. The Bertz CT molecular complexity index is 1180. The Morgan fingerprint density at radius 3 is 2.78 bits per heavy atom. The molecule has 4 rings (SSSR count). The zero-order valence-electron chi connectivity index (χ0n) is 14.2. The molecule has 0 bridgehead atoms. The summed E-state index contributed by atoms with van der Waals surface area (Å²) in [6.07, 6.45) is 0.745. The lowest BCUT2D eigenvalue weighted by molar-refractivity contribution is -0.384. The Morgan fingerprint density at radius 1 is 1.22 bits per heavy atom. The number of rotatable bonds is 5. The van der Waals surface area contributed by atoms with Crippen LogP contribution in [0.15, 0.2) is 53.9 Å². The van der Waals surface area contributed by atoms with Gasteiger partial charge in [-0.2, -0.15) is 0 Å². The summed E-state index contributed by atoms with van der Waals surface area (Å²) < 4.78 is 7.11. The summed E-state index contributed by atoms with van der Waals surface area (Å²) in [6, 6.07) is 13.6. The van der Waals surface area contributed by atoms with Crippen molar-refractivity contribution in [3.8, 4) is 28.3 Å². The first-order valence-corrected chi connectivity index (χ1v) is 8.85. The molecule has 0 saturated carbocycles. The van der Waals surface area contributed by atoms with Gasteiger partial charge in [0.15, 0.2) is 11.2 Å². The first kappa shape index (κ1) is 16.9. The van der Waals surface area contributed by atoms with Crippen molar-refractivity contribution in [2.45, 2.75) is 0 Å². The van der Waals surface area contributed by atoms with Crippen LogP contribution in [-0.2, 0) is 0 Å². The van der Waals surface area contributed by atoms with Gasteiger partial charge in [-0.25, -0.2) is 4.98 Å². The van der Waals surface area contributed by atoms with E-state index in [1.807, 2.05) is 23.6 Å². The summed E-state index contributed by atoms with van der Waals surface area (Å²) >= 11 is 1.36. The van der Waals surface area contributed by atoms with E-state index in [1.54, 1.807) is 29.7 Å². The fraction of sp³-hybridized carbons (Fsp3) is 0.0526. The van der Waals surface area contributed by atoms with Crippen LogP contribution in [0.5, 0.6) is 5.75 Å². The predicted molar refractivity (Wildman–Crippen MR) is 103 cm³/mol. The Morgan fingerprint density at radius 2 is 2.04 bits per heavy atom. The number of benzene rings is 2. The van der Waals surface area contributed by atoms with Crippen LogP contribution in [0.25, 0.3) is 27.5 Å². The molecule has 0 aliphatic carbocycles. The van der Waals surface area contributed by atoms with Crippen molar-refractivity contribution < 1.29 is 14.5 Å². The predicted octanol–water partition coefficient (Wildman–Crippen LogP) is 4.46.